The van der Waals surface area contributed by atoms with E-state index in [0.717, 1.165) is 35.7 Å². The summed E-state index contributed by atoms with van der Waals surface area (Å²) in [6.07, 6.45) is 2.59. The van der Waals surface area contributed by atoms with Crippen molar-refractivity contribution in [1.82, 2.24) is 9.62 Å². The fourth-order valence-corrected chi connectivity index (χ4v) is 5.21. The van der Waals surface area contributed by atoms with E-state index in [2.05, 4.69) is 9.62 Å². The van der Waals surface area contributed by atoms with Crippen LogP contribution in [0.5, 0.6) is 5.75 Å². The topological polar surface area (TPSA) is 96.0 Å². The first kappa shape index (κ1) is 22.4. The molecule has 2 aliphatic rings. The summed E-state index contributed by atoms with van der Waals surface area (Å²) < 4.78 is 34.0. The van der Waals surface area contributed by atoms with Gasteiger partial charge >= 0.3 is 0 Å². The van der Waals surface area contributed by atoms with Gasteiger partial charge < -0.3 is 4.74 Å². The van der Waals surface area contributed by atoms with Gasteiger partial charge in [-0.05, 0) is 55.3 Å². The molecule has 2 amide bonds. The van der Waals surface area contributed by atoms with Crippen molar-refractivity contribution in [3.05, 3.63) is 53.6 Å². The Kier molecular flexibility index (Phi) is 6.59. The van der Waals surface area contributed by atoms with Gasteiger partial charge in [-0.1, -0.05) is 24.3 Å². The van der Waals surface area contributed by atoms with Gasteiger partial charge in [-0.2, -0.15) is 0 Å². The molecule has 0 aliphatic carbocycles. The van der Waals surface area contributed by atoms with Crippen LogP contribution in [0.2, 0.25) is 0 Å². The molecular weight excluding hydrogens is 430 g/mol. The van der Waals surface area contributed by atoms with Gasteiger partial charge in [-0.15, -0.1) is 0 Å². The molecule has 2 heterocycles. The second-order valence-corrected chi connectivity index (χ2v) is 9.80. The van der Waals surface area contributed by atoms with Crippen molar-refractivity contribution in [2.24, 2.45) is 0 Å². The molecule has 32 heavy (non-hydrogen) atoms. The van der Waals surface area contributed by atoms with Crippen LogP contribution in [-0.4, -0.2) is 45.3 Å². The third-order valence-corrected chi connectivity index (χ3v) is 7.32. The Hall–Kier alpha value is -2.75. The fraction of sp³-hybridized carbons (Fsp3) is 0.391. The maximum atomic E-state index is 13.0. The van der Waals surface area contributed by atoms with E-state index in [1.54, 1.807) is 0 Å². The van der Waals surface area contributed by atoms with Gasteiger partial charge in [0.15, 0.2) is 0 Å². The standard InChI is InChI=1S/C23H27N3O5S/c1-31-21-9-8-19(14-20(21)26-22(27)10-11-23(26)28)32(29,30)24-15-17-6-2-3-7-18(17)16-25-12-4-5-13-25/h2-3,6-9,14,24H,4-5,10-13,15-16H2,1H3. The number of anilines is 1. The highest BCUT2D eigenvalue weighted by atomic mass is 32.2. The number of hydrogen-bond acceptors (Lipinski definition) is 6. The van der Waals surface area contributed by atoms with E-state index in [4.69, 9.17) is 4.74 Å². The monoisotopic (exact) mass is 457 g/mol. The molecule has 0 unspecified atom stereocenters. The summed E-state index contributed by atoms with van der Waals surface area (Å²) in [5.41, 5.74) is 2.17. The van der Waals surface area contributed by atoms with Gasteiger partial charge in [0.1, 0.15) is 5.75 Å². The predicted molar refractivity (Wildman–Crippen MR) is 120 cm³/mol. The number of benzene rings is 2. The zero-order chi connectivity index (χ0) is 22.7. The molecular formula is C23H27N3O5S. The van der Waals surface area contributed by atoms with Gasteiger partial charge in [0.25, 0.3) is 0 Å². The lowest BCUT2D eigenvalue weighted by atomic mass is 10.1. The zero-order valence-corrected chi connectivity index (χ0v) is 18.9. The highest BCUT2D eigenvalue weighted by Gasteiger charge is 2.33. The Balaban J connectivity index is 1.55. The number of amides is 2. The number of likely N-dealkylation sites (tertiary alicyclic amines) is 1. The maximum absolute atomic E-state index is 13.0. The van der Waals surface area contributed by atoms with Crippen LogP contribution in [0.4, 0.5) is 5.69 Å². The number of carbonyl (C=O) groups is 2. The quantitative estimate of drug-likeness (QED) is 0.612. The number of sulfonamides is 1. The predicted octanol–water partition coefficient (Wildman–Crippen LogP) is 2.42. The molecule has 9 heteroatoms. The summed E-state index contributed by atoms with van der Waals surface area (Å²) in [5.74, 6) is -0.471. The fourth-order valence-electron chi connectivity index (χ4n) is 4.18. The molecule has 0 saturated carbocycles. The van der Waals surface area contributed by atoms with Crippen LogP contribution in [0.25, 0.3) is 0 Å². The van der Waals surface area contributed by atoms with Crippen molar-refractivity contribution >= 4 is 27.5 Å². The molecule has 8 nitrogen and oxygen atoms in total. The number of nitrogens with zero attached hydrogens (tertiary/aromatic N) is 2. The van der Waals surface area contributed by atoms with Gasteiger partial charge in [0, 0.05) is 25.9 Å². The molecule has 0 bridgehead atoms. The van der Waals surface area contributed by atoms with Crippen molar-refractivity contribution in [1.29, 1.82) is 0 Å². The Labute approximate surface area is 188 Å². The first-order valence-corrected chi connectivity index (χ1v) is 12.2. The van der Waals surface area contributed by atoms with Crippen molar-refractivity contribution in [3.8, 4) is 5.75 Å². The third-order valence-electron chi connectivity index (χ3n) is 5.92. The van der Waals surface area contributed by atoms with E-state index in [-0.39, 0.29) is 47.5 Å². The molecule has 0 aromatic heterocycles. The first-order chi connectivity index (χ1) is 15.4. The molecule has 2 fully saturated rings. The molecule has 2 aromatic carbocycles. The summed E-state index contributed by atoms with van der Waals surface area (Å²) in [6, 6.07) is 12.0. The number of rotatable bonds is 8. The van der Waals surface area contributed by atoms with Crippen molar-refractivity contribution < 1.29 is 22.7 Å². The highest BCUT2D eigenvalue weighted by Crippen LogP contribution is 2.34. The van der Waals surface area contributed by atoms with Crippen LogP contribution in [0.1, 0.15) is 36.8 Å². The molecule has 2 aliphatic heterocycles. The average Bonchev–Trinajstić information content (AvgIpc) is 3.42. The molecule has 170 valence electrons. The first-order valence-electron chi connectivity index (χ1n) is 10.7. The zero-order valence-electron chi connectivity index (χ0n) is 18.0. The molecule has 0 radical (unpaired) electrons. The largest absolute Gasteiger partial charge is 0.495 e. The van der Waals surface area contributed by atoms with Gasteiger partial charge in [0.05, 0.1) is 17.7 Å². The van der Waals surface area contributed by atoms with Gasteiger partial charge in [-0.25, -0.2) is 18.0 Å². The van der Waals surface area contributed by atoms with E-state index in [1.807, 2.05) is 24.3 Å². The van der Waals surface area contributed by atoms with Crippen LogP contribution in [0.3, 0.4) is 0 Å². The lowest BCUT2D eigenvalue weighted by Gasteiger charge is -2.19. The van der Waals surface area contributed by atoms with Crippen molar-refractivity contribution in [2.75, 3.05) is 25.1 Å². The van der Waals surface area contributed by atoms with E-state index in [0.29, 0.717) is 0 Å². The molecule has 4 rings (SSSR count). The smallest absolute Gasteiger partial charge is 0.240 e. The van der Waals surface area contributed by atoms with E-state index >= 15 is 0 Å². The Morgan fingerprint density at radius 3 is 2.28 bits per heavy atom. The summed E-state index contributed by atoms with van der Waals surface area (Å²) in [7, 11) is -2.47. The van der Waals surface area contributed by atoms with E-state index in [9.17, 15) is 18.0 Å². The van der Waals surface area contributed by atoms with E-state index in [1.165, 1.54) is 38.2 Å². The van der Waals surface area contributed by atoms with Crippen LogP contribution >= 0.6 is 0 Å². The number of carbonyl (C=O) groups excluding carboxylic acids is 2. The highest BCUT2D eigenvalue weighted by molar-refractivity contribution is 7.89. The average molecular weight is 458 g/mol. The molecule has 2 aromatic rings. The molecule has 2 saturated heterocycles. The third kappa shape index (κ3) is 4.69. The SMILES string of the molecule is COc1ccc(S(=O)(=O)NCc2ccccc2CN2CCCC2)cc1N1C(=O)CCC1=O. The van der Waals surface area contributed by atoms with Gasteiger partial charge in [-0.3, -0.25) is 14.5 Å². The van der Waals surface area contributed by atoms with Crippen LogP contribution in [-0.2, 0) is 32.7 Å². The molecule has 0 atom stereocenters. The summed E-state index contributed by atoms with van der Waals surface area (Å²) in [4.78, 5) is 27.7. The van der Waals surface area contributed by atoms with E-state index < -0.39 is 10.0 Å². The second-order valence-electron chi connectivity index (χ2n) is 8.03. The number of ether oxygens (including phenoxy) is 1. The van der Waals surface area contributed by atoms with Crippen LogP contribution < -0.4 is 14.4 Å². The normalized spacial score (nSPS) is 17.3. The number of imide groups is 1. The number of nitrogens with one attached hydrogen (secondary N) is 1. The number of methoxy groups -OCH3 is 1. The summed E-state index contributed by atoms with van der Waals surface area (Å²) >= 11 is 0. The lowest BCUT2D eigenvalue weighted by molar-refractivity contribution is -0.121. The minimum absolute atomic E-state index is 0.0298. The van der Waals surface area contributed by atoms with Crippen molar-refractivity contribution in [2.45, 2.75) is 43.7 Å². The Morgan fingerprint density at radius 1 is 0.969 bits per heavy atom. The minimum Gasteiger partial charge on any atom is -0.495 e. The number of hydrogen-bond donors (Lipinski definition) is 1. The Morgan fingerprint density at radius 2 is 1.62 bits per heavy atom. The van der Waals surface area contributed by atoms with Crippen molar-refractivity contribution in [3.63, 3.8) is 0 Å². The lowest BCUT2D eigenvalue weighted by Crippen LogP contribution is -2.30. The van der Waals surface area contributed by atoms with Crippen LogP contribution in [0, 0.1) is 0 Å². The molecule has 0 spiro atoms. The Bertz CT molecular complexity index is 1110. The van der Waals surface area contributed by atoms with Crippen LogP contribution in [0.15, 0.2) is 47.4 Å². The van der Waals surface area contributed by atoms with Gasteiger partial charge in [0.2, 0.25) is 21.8 Å². The molecule has 1 N–H and O–H groups in total. The second kappa shape index (κ2) is 9.40. The summed E-state index contributed by atoms with van der Waals surface area (Å²) in [6.45, 7) is 3.06. The minimum atomic E-state index is -3.88. The maximum Gasteiger partial charge on any atom is 0.240 e. The summed E-state index contributed by atoms with van der Waals surface area (Å²) in [5, 5.41) is 0.